The second kappa shape index (κ2) is 18.7. The Balaban J connectivity index is 0.000000643. The first kappa shape index (κ1) is 33.5. The number of hydrogen-bond acceptors (Lipinski definition) is 0. The van der Waals surface area contributed by atoms with Gasteiger partial charge in [0, 0.05) is 0 Å². The van der Waals surface area contributed by atoms with E-state index in [4.69, 9.17) is 0 Å². The van der Waals surface area contributed by atoms with E-state index in [1.807, 2.05) is 60.7 Å². The van der Waals surface area contributed by atoms with E-state index in [1.54, 1.807) is 0 Å². The van der Waals surface area contributed by atoms with Crippen LogP contribution in [-0.4, -0.2) is 0 Å². The van der Waals surface area contributed by atoms with Crippen molar-refractivity contribution in [3.63, 3.8) is 0 Å². The van der Waals surface area contributed by atoms with E-state index in [-0.39, 0.29) is 54.2 Å². The van der Waals surface area contributed by atoms with Gasteiger partial charge in [-0.3, -0.25) is 0 Å². The van der Waals surface area contributed by atoms with Crippen molar-refractivity contribution in [2.24, 2.45) is 0 Å². The molecule has 0 radical (unpaired) electrons. The Labute approximate surface area is 243 Å². The van der Waals surface area contributed by atoms with Gasteiger partial charge in [0.15, 0.2) is 0 Å². The molecule has 0 aromatic heterocycles. The van der Waals surface area contributed by atoms with E-state index in [9.17, 15) is 0 Å². The Morgan fingerprint density at radius 2 is 0.694 bits per heavy atom. The predicted molar refractivity (Wildman–Crippen MR) is 149 cm³/mol. The second-order valence-electron chi connectivity index (χ2n) is 7.21. The maximum Gasteiger partial charge on any atom is 4.00 e. The summed E-state index contributed by atoms with van der Waals surface area (Å²) in [6.45, 7) is 0. The SMILES string of the molecule is P.[Cl-].[Cl-].[Ru+4].[c-]1ccccc1.[c-]1ccccc1.c1ccc2c(-c3cccc4ccccc34)cccc2c1. The molecular formula is C32H27Cl2PRu. The zero-order valence-electron chi connectivity index (χ0n) is 19.7. The van der Waals surface area contributed by atoms with Gasteiger partial charge in [0.2, 0.25) is 0 Å². The van der Waals surface area contributed by atoms with Gasteiger partial charge in [0.1, 0.15) is 0 Å². The standard InChI is InChI=1S/C20H14.2C6H5.2ClH.H3P.Ru/c1-3-11-17-15(7-1)9-5-13-19(17)20-14-6-10-16-8-2-4-12-18(16)20;2*1-2-4-6-5-3-1;;;;/h1-14H;2*1-5H;2*1H;1H3;/q;2*-1;;;;+4/p-2. The first-order chi connectivity index (χ1) is 15.9. The summed E-state index contributed by atoms with van der Waals surface area (Å²) in [5, 5.41) is 5.20. The van der Waals surface area contributed by atoms with E-state index in [0.717, 1.165) is 0 Å². The molecule has 1 unspecified atom stereocenters. The van der Waals surface area contributed by atoms with E-state index in [2.05, 4.69) is 97.1 Å². The van der Waals surface area contributed by atoms with Crippen LogP contribution in [0.15, 0.2) is 146 Å². The Morgan fingerprint density at radius 1 is 0.361 bits per heavy atom. The summed E-state index contributed by atoms with van der Waals surface area (Å²) in [5.41, 5.74) is 2.61. The van der Waals surface area contributed by atoms with Crippen molar-refractivity contribution < 1.29 is 44.3 Å². The topological polar surface area (TPSA) is 0 Å². The molecule has 0 aliphatic rings. The van der Waals surface area contributed by atoms with Gasteiger partial charge in [-0.1, -0.05) is 84.9 Å². The molecule has 0 saturated carbocycles. The van der Waals surface area contributed by atoms with E-state index in [0.29, 0.717) is 0 Å². The molecule has 0 nitrogen and oxygen atoms in total. The van der Waals surface area contributed by atoms with Crippen molar-refractivity contribution >= 4 is 31.4 Å². The smallest absolute Gasteiger partial charge is 1.00 e. The van der Waals surface area contributed by atoms with Crippen LogP contribution in [0.1, 0.15) is 0 Å². The monoisotopic (exact) mass is 614 g/mol. The first-order valence-electron chi connectivity index (χ1n) is 10.7. The Morgan fingerprint density at radius 3 is 1.00 bits per heavy atom. The summed E-state index contributed by atoms with van der Waals surface area (Å²) in [6, 6.07) is 55.2. The summed E-state index contributed by atoms with van der Waals surface area (Å²) in [5.74, 6) is 0. The fourth-order valence-corrected chi connectivity index (χ4v) is 3.60. The molecule has 182 valence electrons. The average molecular weight is 615 g/mol. The molecule has 0 N–H and O–H groups in total. The summed E-state index contributed by atoms with van der Waals surface area (Å²) in [6.07, 6.45) is 0. The summed E-state index contributed by atoms with van der Waals surface area (Å²) in [4.78, 5) is 0. The molecule has 6 aromatic carbocycles. The molecular weight excluding hydrogens is 587 g/mol. The van der Waals surface area contributed by atoms with Crippen molar-refractivity contribution in [2.75, 3.05) is 0 Å². The Kier molecular flexibility index (Phi) is 17.4. The number of hydrogen-bond donors (Lipinski definition) is 0. The van der Waals surface area contributed by atoms with Gasteiger partial charge in [-0.15, -0.1) is 0 Å². The zero-order chi connectivity index (χ0) is 21.8. The molecule has 6 aromatic rings. The normalized spacial score (nSPS) is 8.78. The molecule has 4 heteroatoms. The van der Waals surface area contributed by atoms with Gasteiger partial charge >= 0.3 is 19.5 Å². The summed E-state index contributed by atoms with van der Waals surface area (Å²) < 4.78 is 0. The minimum Gasteiger partial charge on any atom is -1.00 e. The number of benzene rings is 6. The van der Waals surface area contributed by atoms with Gasteiger partial charge in [-0.2, -0.15) is 82.7 Å². The Bertz CT molecular complexity index is 1200. The third-order valence-electron chi connectivity index (χ3n) is 5.08. The second-order valence-corrected chi connectivity index (χ2v) is 7.21. The van der Waals surface area contributed by atoms with E-state index >= 15 is 0 Å². The third kappa shape index (κ3) is 9.50. The van der Waals surface area contributed by atoms with Crippen molar-refractivity contribution in [1.29, 1.82) is 0 Å². The van der Waals surface area contributed by atoms with Crippen molar-refractivity contribution in [3.8, 4) is 11.1 Å². The van der Waals surface area contributed by atoms with Crippen LogP contribution in [0.25, 0.3) is 32.7 Å². The molecule has 0 fully saturated rings. The van der Waals surface area contributed by atoms with Crippen LogP contribution < -0.4 is 24.8 Å². The van der Waals surface area contributed by atoms with Crippen LogP contribution in [0.4, 0.5) is 0 Å². The van der Waals surface area contributed by atoms with Crippen LogP contribution in [0.5, 0.6) is 0 Å². The molecule has 36 heavy (non-hydrogen) atoms. The third-order valence-corrected chi connectivity index (χ3v) is 5.08. The van der Waals surface area contributed by atoms with Gasteiger partial charge in [-0.25, -0.2) is 0 Å². The largest absolute Gasteiger partial charge is 4.00 e. The first-order valence-corrected chi connectivity index (χ1v) is 10.7. The minimum atomic E-state index is 0. The van der Waals surface area contributed by atoms with Crippen LogP contribution in [0, 0.1) is 12.1 Å². The quantitative estimate of drug-likeness (QED) is 0.152. The van der Waals surface area contributed by atoms with Crippen molar-refractivity contribution in [2.45, 2.75) is 0 Å². The van der Waals surface area contributed by atoms with E-state index < -0.39 is 0 Å². The van der Waals surface area contributed by atoms with Gasteiger partial charge < -0.3 is 24.8 Å². The molecule has 0 amide bonds. The molecule has 0 heterocycles. The minimum absolute atomic E-state index is 0. The number of rotatable bonds is 1. The average Bonchev–Trinajstić information content (AvgIpc) is 2.91. The molecule has 0 spiro atoms. The fourth-order valence-electron chi connectivity index (χ4n) is 3.60. The van der Waals surface area contributed by atoms with Crippen LogP contribution in [-0.2, 0) is 19.5 Å². The Hall–Kier alpha value is -2.53. The molecule has 0 bridgehead atoms. The summed E-state index contributed by atoms with van der Waals surface area (Å²) >= 11 is 0. The van der Waals surface area contributed by atoms with Crippen molar-refractivity contribution in [3.05, 3.63) is 158 Å². The summed E-state index contributed by atoms with van der Waals surface area (Å²) in [7, 11) is 0. The van der Waals surface area contributed by atoms with Crippen LogP contribution >= 0.6 is 9.90 Å². The van der Waals surface area contributed by atoms with Crippen molar-refractivity contribution in [1.82, 2.24) is 0 Å². The predicted octanol–water partition coefficient (Wildman–Crippen LogP) is 2.70. The molecule has 0 saturated heterocycles. The number of fused-ring (bicyclic) bond motifs is 2. The molecule has 1 atom stereocenters. The number of halogens is 2. The molecule has 0 aliphatic carbocycles. The molecule has 0 aliphatic heterocycles. The zero-order valence-corrected chi connectivity index (χ0v) is 24.3. The van der Waals surface area contributed by atoms with Crippen LogP contribution in [0.2, 0.25) is 0 Å². The fraction of sp³-hybridized carbons (Fsp3) is 0. The maximum absolute atomic E-state index is 2.89. The maximum atomic E-state index is 2.89. The van der Waals surface area contributed by atoms with E-state index in [1.165, 1.54) is 32.7 Å². The van der Waals surface area contributed by atoms with Gasteiger partial charge in [-0.05, 0) is 32.7 Å². The van der Waals surface area contributed by atoms with Crippen LogP contribution in [0.3, 0.4) is 0 Å². The van der Waals surface area contributed by atoms with Gasteiger partial charge in [0.05, 0.1) is 0 Å². The van der Waals surface area contributed by atoms with Gasteiger partial charge in [0.25, 0.3) is 0 Å². The molecule has 6 rings (SSSR count).